The van der Waals surface area contributed by atoms with Crippen LogP contribution < -0.4 is 0 Å². The molecular formula is C13H18ClNO2. The zero-order valence-electron chi connectivity index (χ0n) is 10.0. The predicted octanol–water partition coefficient (Wildman–Crippen LogP) is 2.23. The van der Waals surface area contributed by atoms with Crippen LogP contribution in [-0.2, 0) is 0 Å². The minimum atomic E-state index is 0.109. The van der Waals surface area contributed by atoms with Crippen LogP contribution in [0.1, 0.15) is 23.7 Å². The van der Waals surface area contributed by atoms with Gasteiger partial charge in [-0.25, -0.2) is 0 Å². The molecule has 0 aliphatic carbocycles. The Balaban J connectivity index is 2.46. The summed E-state index contributed by atoms with van der Waals surface area (Å²) in [5, 5.41) is 9.48. The van der Waals surface area contributed by atoms with Gasteiger partial charge in [0.25, 0.3) is 0 Å². The minimum Gasteiger partial charge on any atom is -0.395 e. The number of carbonyl (C=O) groups excluding carboxylic acids is 1. The summed E-state index contributed by atoms with van der Waals surface area (Å²) < 4.78 is 0. The van der Waals surface area contributed by atoms with Crippen LogP contribution in [0.15, 0.2) is 24.3 Å². The SMILES string of the molecule is CCN(CCO)CCC(=O)c1ccc(Cl)cc1. The van der Waals surface area contributed by atoms with E-state index in [-0.39, 0.29) is 12.4 Å². The first-order valence-electron chi connectivity index (χ1n) is 5.79. The van der Waals surface area contributed by atoms with Gasteiger partial charge in [-0.1, -0.05) is 18.5 Å². The largest absolute Gasteiger partial charge is 0.395 e. The number of hydrogen-bond acceptors (Lipinski definition) is 3. The zero-order valence-corrected chi connectivity index (χ0v) is 10.8. The molecule has 0 heterocycles. The number of aliphatic hydroxyl groups is 1. The molecule has 0 spiro atoms. The number of ketones is 1. The normalized spacial score (nSPS) is 10.8. The Bertz CT molecular complexity index is 351. The zero-order chi connectivity index (χ0) is 12.7. The van der Waals surface area contributed by atoms with Crippen LogP contribution in [0, 0.1) is 0 Å². The van der Waals surface area contributed by atoms with E-state index in [2.05, 4.69) is 0 Å². The summed E-state index contributed by atoms with van der Waals surface area (Å²) in [6.45, 7) is 4.28. The van der Waals surface area contributed by atoms with Crippen molar-refractivity contribution in [2.45, 2.75) is 13.3 Å². The van der Waals surface area contributed by atoms with Gasteiger partial charge < -0.3 is 10.0 Å². The molecule has 0 aliphatic heterocycles. The van der Waals surface area contributed by atoms with E-state index in [4.69, 9.17) is 16.7 Å². The van der Waals surface area contributed by atoms with E-state index in [1.54, 1.807) is 24.3 Å². The third-order valence-corrected chi connectivity index (χ3v) is 2.94. The fourth-order valence-corrected chi connectivity index (χ4v) is 1.74. The molecule has 0 bridgehead atoms. The highest BCUT2D eigenvalue weighted by Gasteiger charge is 2.08. The molecule has 0 saturated carbocycles. The van der Waals surface area contributed by atoms with Gasteiger partial charge in [0, 0.05) is 30.1 Å². The number of benzene rings is 1. The van der Waals surface area contributed by atoms with Crippen molar-refractivity contribution in [2.75, 3.05) is 26.2 Å². The fourth-order valence-electron chi connectivity index (χ4n) is 1.61. The maximum Gasteiger partial charge on any atom is 0.164 e. The number of halogens is 1. The molecule has 0 atom stereocenters. The molecule has 0 aromatic heterocycles. The van der Waals surface area contributed by atoms with Crippen molar-refractivity contribution in [1.29, 1.82) is 0 Å². The summed E-state index contributed by atoms with van der Waals surface area (Å²) >= 11 is 5.76. The fraction of sp³-hybridized carbons (Fsp3) is 0.462. The van der Waals surface area contributed by atoms with Crippen molar-refractivity contribution in [3.05, 3.63) is 34.9 Å². The molecule has 0 amide bonds. The number of nitrogens with zero attached hydrogens (tertiary/aromatic N) is 1. The van der Waals surface area contributed by atoms with Crippen LogP contribution in [0.3, 0.4) is 0 Å². The lowest BCUT2D eigenvalue weighted by Gasteiger charge is -2.18. The van der Waals surface area contributed by atoms with Gasteiger partial charge in [0.2, 0.25) is 0 Å². The summed E-state index contributed by atoms with van der Waals surface area (Å²) in [7, 11) is 0. The van der Waals surface area contributed by atoms with Gasteiger partial charge in [-0.15, -0.1) is 0 Å². The number of rotatable bonds is 7. The van der Waals surface area contributed by atoms with Crippen molar-refractivity contribution < 1.29 is 9.90 Å². The Morgan fingerprint density at radius 1 is 1.29 bits per heavy atom. The molecular weight excluding hydrogens is 238 g/mol. The molecule has 0 saturated heterocycles. The van der Waals surface area contributed by atoms with Gasteiger partial charge in [0.05, 0.1) is 6.61 Å². The van der Waals surface area contributed by atoms with Gasteiger partial charge in [-0.2, -0.15) is 0 Å². The number of hydrogen-bond donors (Lipinski definition) is 1. The summed E-state index contributed by atoms with van der Waals surface area (Å²) in [5.41, 5.74) is 0.689. The molecule has 94 valence electrons. The Labute approximate surface area is 107 Å². The van der Waals surface area contributed by atoms with Crippen LogP contribution in [0.4, 0.5) is 0 Å². The lowest BCUT2D eigenvalue weighted by molar-refractivity contribution is 0.0959. The monoisotopic (exact) mass is 255 g/mol. The number of aliphatic hydroxyl groups excluding tert-OH is 1. The van der Waals surface area contributed by atoms with Gasteiger partial charge in [-0.3, -0.25) is 4.79 Å². The standard InChI is InChI=1S/C13H18ClNO2/c1-2-15(9-10-16)8-7-13(17)11-3-5-12(14)6-4-11/h3-6,16H,2,7-10H2,1H3. The van der Waals surface area contributed by atoms with Crippen molar-refractivity contribution in [2.24, 2.45) is 0 Å². The first-order chi connectivity index (χ1) is 8.17. The van der Waals surface area contributed by atoms with E-state index in [9.17, 15) is 4.79 Å². The Morgan fingerprint density at radius 2 is 1.94 bits per heavy atom. The molecule has 0 unspecified atom stereocenters. The summed E-state index contributed by atoms with van der Waals surface area (Å²) in [6.07, 6.45) is 0.468. The Hall–Kier alpha value is -0.900. The molecule has 0 radical (unpaired) electrons. The molecule has 3 nitrogen and oxygen atoms in total. The molecule has 0 aliphatic rings. The van der Waals surface area contributed by atoms with E-state index >= 15 is 0 Å². The van der Waals surface area contributed by atoms with Crippen LogP contribution in [0.25, 0.3) is 0 Å². The van der Waals surface area contributed by atoms with Crippen LogP contribution >= 0.6 is 11.6 Å². The van der Waals surface area contributed by atoms with E-state index in [1.807, 2.05) is 11.8 Å². The van der Waals surface area contributed by atoms with E-state index in [0.29, 0.717) is 30.1 Å². The van der Waals surface area contributed by atoms with Gasteiger partial charge in [0.15, 0.2) is 5.78 Å². The predicted molar refractivity (Wildman–Crippen MR) is 69.6 cm³/mol. The van der Waals surface area contributed by atoms with Crippen LogP contribution in [0.5, 0.6) is 0 Å². The Kier molecular flexibility index (Phi) is 6.19. The molecule has 1 rings (SSSR count). The highest BCUT2D eigenvalue weighted by Crippen LogP contribution is 2.11. The van der Waals surface area contributed by atoms with Crippen molar-refractivity contribution >= 4 is 17.4 Å². The van der Waals surface area contributed by atoms with E-state index in [1.165, 1.54) is 0 Å². The smallest absolute Gasteiger partial charge is 0.164 e. The number of Topliss-reactive ketones (excluding diaryl/α,β-unsaturated/α-hetero) is 1. The first-order valence-corrected chi connectivity index (χ1v) is 6.17. The highest BCUT2D eigenvalue weighted by molar-refractivity contribution is 6.30. The third kappa shape index (κ3) is 4.86. The van der Waals surface area contributed by atoms with Crippen LogP contribution in [-0.4, -0.2) is 42.0 Å². The molecule has 4 heteroatoms. The Morgan fingerprint density at radius 3 is 2.47 bits per heavy atom. The van der Waals surface area contributed by atoms with Gasteiger partial charge in [-0.05, 0) is 30.8 Å². The molecule has 1 aromatic carbocycles. The molecule has 0 fully saturated rings. The van der Waals surface area contributed by atoms with E-state index < -0.39 is 0 Å². The average Bonchev–Trinajstić information content (AvgIpc) is 2.35. The van der Waals surface area contributed by atoms with Gasteiger partial charge in [0.1, 0.15) is 0 Å². The number of carbonyl (C=O) groups is 1. The third-order valence-electron chi connectivity index (χ3n) is 2.68. The van der Waals surface area contributed by atoms with E-state index in [0.717, 1.165) is 6.54 Å². The second kappa shape index (κ2) is 7.43. The maximum atomic E-state index is 11.8. The second-order valence-electron chi connectivity index (χ2n) is 3.84. The molecule has 1 aromatic rings. The molecule has 17 heavy (non-hydrogen) atoms. The molecule has 1 N–H and O–H groups in total. The highest BCUT2D eigenvalue weighted by atomic mass is 35.5. The van der Waals surface area contributed by atoms with Crippen LogP contribution in [0.2, 0.25) is 5.02 Å². The second-order valence-corrected chi connectivity index (χ2v) is 4.27. The van der Waals surface area contributed by atoms with Crippen molar-refractivity contribution in [3.8, 4) is 0 Å². The maximum absolute atomic E-state index is 11.8. The minimum absolute atomic E-state index is 0.109. The quantitative estimate of drug-likeness (QED) is 0.760. The lowest BCUT2D eigenvalue weighted by Crippen LogP contribution is -2.29. The van der Waals surface area contributed by atoms with Crippen molar-refractivity contribution in [1.82, 2.24) is 4.90 Å². The van der Waals surface area contributed by atoms with Crippen molar-refractivity contribution in [3.63, 3.8) is 0 Å². The van der Waals surface area contributed by atoms with Gasteiger partial charge >= 0.3 is 0 Å². The first kappa shape index (κ1) is 14.2. The average molecular weight is 256 g/mol. The lowest BCUT2D eigenvalue weighted by atomic mass is 10.1. The number of likely N-dealkylation sites (N-methyl/N-ethyl adjacent to an activating group) is 1. The summed E-state index contributed by atoms with van der Waals surface area (Å²) in [6, 6.07) is 6.93. The summed E-state index contributed by atoms with van der Waals surface area (Å²) in [4.78, 5) is 13.9. The topological polar surface area (TPSA) is 40.5 Å². The summed E-state index contributed by atoms with van der Waals surface area (Å²) in [5.74, 6) is 0.109.